The summed E-state index contributed by atoms with van der Waals surface area (Å²) in [7, 11) is 3.54. The minimum absolute atomic E-state index is 0.0599. The lowest BCUT2D eigenvalue weighted by molar-refractivity contribution is -0.131. The van der Waals surface area contributed by atoms with Crippen molar-refractivity contribution >= 4 is 28.3 Å². The van der Waals surface area contributed by atoms with Crippen LogP contribution in [0.25, 0.3) is 10.9 Å². The summed E-state index contributed by atoms with van der Waals surface area (Å²) in [6.45, 7) is 5.95. The first-order chi connectivity index (χ1) is 11.9. The molecule has 0 radical (unpaired) electrons. The Bertz CT molecular complexity index is 908. The highest BCUT2D eigenvalue weighted by atomic mass is 16.2. The summed E-state index contributed by atoms with van der Waals surface area (Å²) < 4.78 is 1.98. The summed E-state index contributed by atoms with van der Waals surface area (Å²) in [4.78, 5) is 22.6. The molecule has 25 heavy (non-hydrogen) atoms. The molecule has 0 aliphatic rings. The summed E-state index contributed by atoms with van der Waals surface area (Å²) in [5.41, 5.74) is 4.12. The average molecular weight is 337 g/mol. The van der Waals surface area contributed by atoms with E-state index in [4.69, 9.17) is 0 Å². The third-order valence-electron chi connectivity index (χ3n) is 4.43. The number of carbonyl (C=O) groups is 1. The number of hydrogen-bond acceptors (Lipinski definition) is 4. The number of aryl methyl sites for hydroxylation is 2. The zero-order chi connectivity index (χ0) is 18.1. The molecule has 0 bridgehead atoms. The minimum atomic E-state index is -0.271. The third-order valence-corrected chi connectivity index (χ3v) is 4.43. The largest absolute Gasteiger partial charge is 0.347 e. The molecule has 3 rings (SSSR count). The van der Waals surface area contributed by atoms with Crippen molar-refractivity contribution in [2.45, 2.75) is 26.8 Å². The molecule has 130 valence electrons. The van der Waals surface area contributed by atoms with Gasteiger partial charge < -0.3 is 14.8 Å². The van der Waals surface area contributed by atoms with Gasteiger partial charge in [-0.05, 0) is 44.0 Å². The van der Waals surface area contributed by atoms with E-state index in [9.17, 15) is 4.79 Å². The molecule has 0 saturated heterocycles. The van der Waals surface area contributed by atoms with Gasteiger partial charge in [0.2, 0.25) is 5.91 Å². The summed E-state index contributed by atoms with van der Waals surface area (Å²) in [6.07, 6.45) is 7.37. The number of carbonyl (C=O) groups excluding carboxylic acids is 1. The Morgan fingerprint density at radius 1 is 1.20 bits per heavy atom. The van der Waals surface area contributed by atoms with Gasteiger partial charge in [0.15, 0.2) is 0 Å². The highest BCUT2D eigenvalue weighted by Crippen LogP contribution is 2.29. The molecule has 6 heteroatoms. The van der Waals surface area contributed by atoms with Crippen LogP contribution in [0.3, 0.4) is 0 Å². The van der Waals surface area contributed by atoms with Gasteiger partial charge >= 0.3 is 0 Å². The quantitative estimate of drug-likeness (QED) is 0.792. The SMILES string of the molecule is Cc1cncc(C)c1Nc1nccc2c1ccn2C(C)C(=O)N(C)C. The zero-order valence-corrected chi connectivity index (χ0v) is 15.2. The second kappa shape index (κ2) is 6.55. The molecular formula is C19H23N5O. The van der Waals surface area contributed by atoms with E-state index in [2.05, 4.69) is 15.3 Å². The van der Waals surface area contributed by atoms with E-state index in [1.807, 2.05) is 56.1 Å². The van der Waals surface area contributed by atoms with Crippen LogP contribution in [0.4, 0.5) is 11.5 Å². The Labute approximate surface area is 147 Å². The standard InChI is InChI=1S/C19H23N5O/c1-12-10-20-11-13(2)17(12)22-18-15-7-9-24(16(15)6-8-21-18)14(3)19(25)23(4)5/h6-11,14H,1-5H3,(H,20,21,22). The molecule has 3 aromatic rings. The van der Waals surface area contributed by atoms with E-state index in [-0.39, 0.29) is 11.9 Å². The fourth-order valence-electron chi connectivity index (χ4n) is 3.03. The van der Waals surface area contributed by atoms with Gasteiger partial charge in [-0.15, -0.1) is 0 Å². The molecule has 1 N–H and O–H groups in total. The zero-order valence-electron chi connectivity index (χ0n) is 15.2. The predicted molar refractivity (Wildman–Crippen MR) is 100 cm³/mol. The maximum absolute atomic E-state index is 12.3. The van der Waals surface area contributed by atoms with E-state index in [1.165, 1.54) is 0 Å². The van der Waals surface area contributed by atoms with Gasteiger partial charge in [-0.3, -0.25) is 9.78 Å². The fraction of sp³-hybridized carbons (Fsp3) is 0.316. The monoisotopic (exact) mass is 337 g/mol. The Hall–Kier alpha value is -2.89. The Morgan fingerprint density at radius 3 is 2.52 bits per heavy atom. The molecule has 0 aliphatic carbocycles. The van der Waals surface area contributed by atoms with Crippen molar-refractivity contribution in [3.8, 4) is 0 Å². The molecule has 0 aliphatic heterocycles. The van der Waals surface area contributed by atoms with Crippen molar-refractivity contribution in [3.05, 3.63) is 48.0 Å². The van der Waals surface area contributed by atoms with Crippen molar-refractivity contribution in [2.24, 2.45) is 0 Å². The molecule has 6 nitrogen and oxygen atoms in total. The fourth-order valence-corrected chi connectivity index (χ4v) is 3.03. The van der Waals surface area contributed by atoms with Crippen LogP contribution in [-0.2, 0) is 4.79 Å². The van der Waals surface area contributed by atoms with Gasteiger partial charge in [0, 0.05) is 50.0 Å². The van der Waals surface area contributed by atoms with Crippen LogP contribution in [0.1, 0.15) is 24.1 Å². The van der Waals surface area contributed by atoms with Crippen molar-refractivity contribution in [3.63, 3.8) is 0 Å². The topological polar surface area (TPSA) is 63.1 Å². The molecule has 0 fully saturated rings. The molecule has 0 spiro atoms. The average Bonchev–Trinajstić information content (AvgIpc) is 3.01. The molecule has 3 aromatic heterocycles. The number of nitrogens with zero attached hydrogens (tertiary/aromatic N) is 4. The van der Waals surface area contributed by atoms with Crippen LogP contribution in [0, 0.1) is 13.8 Å². The van der Waals surface area contributed by atoms with Crippen LogP contribution in [0.2, 0.25) is 0 Å². The highest BCUT2D eigenvalue weighted by molar-refractivity contribution is 5.93. The molecule has 3 heterocycles. The number of amides is 1. The second-order valence-electron chi connectivity index (χ2n) is 6.50. The van der Waals surface area contributed by atoms with Gasteiger partial charge in [0.1, 0.15) is 11.9 Å². The Kier molecular flexibility index (Phi) is 4.44. The van der Waals surface area contributed by atoms with Crippen LogP contribution in [0.5, 0.6) is 0 Å². The van der Waals surface area contributed by atoms with E-state index in [0.717, 1.165) is 33.5 Å². The normalized spacial score (nSPS) is 12.2. The number of pyridine rings is 2. The molecule has 1 amide bonds. The lowest BCUT2D eigenvalue weighted by atomic mass is 10.1. The number of nitrogens with one attached hydrogen (secondary N) is 1. The second-order valence-corrected chi connectivity index (χ2v) is 6.50. The molecular weight excluding hydrogens is 314 g/mol. The van der Waals surface area contributed by atoms with Gasteiger partial charge in [0.05, 0.1) is 5.52 Å². The van der Waals surface area contributed by atoms with E-state index in [0.29, 0.717) is 0 Å². The van der Waals surface area contributed by atoms with E-state index in [1.54, 1.807) is 25.2 Å². The van der Waals surface area contributed by atoms with Crippen molar-refractivity contribution in [1.29, 1.82) is 0 Å². The van der Waals surface area contributed by atoms with Gasteiger partial charge in [-0.2, -0.15) is 0 Å². The summed E-state index contributed by atoms with van der Waals surface area (Å²) in [5.74, 6) is 0.836. The summed E-state index contributed by atoms with van der Waals surface area (Å²) in [6, 6.07) is 3.66. The minimum Gasteiger partial charge on any atom is -0.347 e. The number of hydrogen-bond donors (Lipinski definition) is 1. The molecule has 0 aromatic carbocycles. The summed E-state index contributed by atoms with van der Waals surface area (Å²) >= 11 is 0. The lowest BCUT2D eigenvalue weighted by Crippen LogP contribution is -2.29. The number of likely N-dealkylation sites (N-methyl/N-ethyl adjacent to an activating group) is 1. The van der Waals surface area contributed by atoms with E-state index >= 15 is 0 Å². The van der Waals surface area contributed by atoms with Crippen LogP contribution in [-0.4, -0.2) is 39.4 Å². The van der Waals surface area contributed by atoms with Gasteiger partial charge in [-0.1, -0.05) is 0 Å². The Morgan fingerprint density at radius 2 is 1.88 bits per heavy atom. The third kappa shape index (κ3) is 3.07. The lowest BCUT2D eigenvalue weighted by Gasteiger charge is -2.19. The first-order valence-electron chi connectivity index (χ1n) is 8.25. The Balaban J connectivity index is 2.03. The van der Waals surface area contributed by atoms with E-state index < -0.39 is 0 Å². The molecule has 1 atom stereocenters. The molecule has 1 unspecified atom stereocenters. The van der Waals surface area contributed by atoms with Crippen LogP contribution >= 0.6 is 0 Å². The summed E-state index contributed by atoms with van der Waals surface area (Å²) in [5, 5.41) is 4.41. The smallest absolute Gasteiger partial charge is 0.244 e. The van der Waals surface area contributed by atoms with Crippen LogP contribution < -0.4 is 5.32 Å². The van der Waals surface area contributed by atoms with Crippen molar-refractivity contribution < 1.29 is 4.79 Å². The number of anilines is 2. The highest BCUT2D eigenvalue weighted by Gasteiger charge is 2.19. The predicted octanol–water partition coefficient (Wildman–Crippen LogP) is 3.44. The maximum atomic E-state index is 12.3. The first-order valence-corrected chi connectivity index (χ1v) is 8.25. The van der Waals surface area contributed by atoms with Crippen LogP contribution in [0.15, 0.2) is 36.9 Å². The molecule has 0 saturated carbocycles. The van der Waals surface area contributed by atoms with Gasteiger partial charge in [0.25, 0.3) is 0 Å². The van der Waals surface area contributed by atoms with Crippen molar-refractivity contribution in [1.82, 2.24) is 19.4 Å². The number of rotatable bonds is 4. The van der Waals surface area contributed by atoms with Crippen molar-refractivity contribution in [2.75, 3.05) is 19.4 Å². The number of fused-ring (bicyclic) bond motifs is 1. The van der Waals surface area contributed by atoms with Gasteiger partial charge in [-0.25, -0.2) is 4.98 Å². The number of aromatic nitrogens is 3. The maximum Gasteiger partial charge on any atom is 0.244 e. The first kappa shape index (κ1) is 17.0.